The van der Waals surface area contributed by atoms with Crippen LogP contribution in [0.3, 0.4) is 0 Å². The largest absolute Gasteiger partial charge is 0.464 e. The summed E-state index contributed by atoms with van der Waals surface area (Å²) in [5.41, 5.74) is 8.37. The van der Waals surface area contributed by atoms with Crippen molar-refractivity contribution in [2.45, 2.75) is 0 Å². The second-order valence-electron chi connectivity index (χ2n) is 4.53. The maximum Gasteiger partial charge on any atom is 0.348 e. The van der Waals surface area contributed by atoms with E-state index in [9.17, 15) is 4.79 Å². The van der Waals surface area contributed by atoms with Crippen LogP contribution < -0.4 is 11.4 Å². The number of aromatic amines is 1. The molecule has 20 heavy (non-hydrogen) atoms. The third kappa shape index (κ3) is 1.38. The fourth-order valence-electron chi connectivity index (χ4n) is 2.41. The average molecular weight is 266 g/mol. The fraction of sp³-hybridized carbons (Fsp3) is 0. The lowest BCUT2D eigenvalue weighted by atomic mass is 10.1. The summed E-state index contributed by atoms with van der Waals surface area (Å²) < 4.78 is 6.88. The number of aromatic nitrogens is 3. The van der Waals surface area contributed by atoms with Crippen molar-refractivity contribution in [2.75, 3.05) is 5.73 Å². The van der Waals surface area contributed by atoms with Crippen molar-refractivity contribution in [3.63, 3.8) is 0 Å². The smallest absolute Gasteiger partial charge is 0.348 e. The molecule has 0 unspecified atom stereocenters. The van der Waals surface area contributed by atoms with E-state index in [-0.39, 0.29) is 5.69 Å². The zero-order valence-corrected chi connectivity index (χ0v) is 10.3. The molecule has 0 radical (unpaired) electrons. The molecular formula is C14H10N4O2. The van der Waals surface area contributed by atoms with Gasteiger partial charge in [-0.05, 0) is 18.2 Å². The lowest BCUT2D eigenvalue weighted by Gasteiger charge is -2.06. The summed E-state index contributed by atoms with van der Waals surface area (Å²) in [7, 11) is 0. The quantitative estimate of drug-likeness (QED) is 0.551. The second-order valence-corrected chi connectivity index (χ2v) is 4.53. The number of nitrogens with two attached hydrogens (primary N) is 1. The predicted molar refractivity (Wildman–Crippen MR) is 75.4 cm³/mol. The van der Waals surface area contributed by atoms with E-state index in [4.69, 9.17) is 10.2 Å². The Balaban J connectivity index is 2.17. The Morgan fingerprint density at radius 3 is 2.95 bits per heavy atom. The average Bonchev–Trinajstić information content (AvgIpc) is 3.09. The number of nitrogen functional groups attached to an aromatic ring is 1. The first-order chi connectivity index (χ1) is 9.74. The lowest BCUT2D eigenvalue weighted by molar-refractivity contribution is 0.582. The number of rotatable bonds is 1. The predicted octanol–water partition coefficient (Wildman–Crippen LogP) is 2.02. The third-order valence-corrected chi connectivity index (χ3v) is 3.34. The van der Waals surface area contributed by atoms with Gasteiger partial charge in [0.05, 0.1) is 11.8 Å². The topological polar surface area (TPSA) is 89.3 Å². The molecule has 0 atom stereocenters. The van der Waals surface area contributed by atoms with Crippen molar-refractivity contribution >= 4 is 22.2 Å². The molecule has 0 aliphatic heterocycles. The Morgan fingerprint density at radius 1 is 1.25 bits per heavy atom. The Bertz CT molecular complexity index is 980. The van der Waals surface area contributed by atoms with Crippen LogP contribution in [0.4, 0.5) is 5.69 Å². The Morgan fingerprint density at radius 2 is 2.15 bits per heavy atom. The van der Waals surface area contributed by atoms with Crippen molar-refractivity contribution in [3.8, 4) is 11.3 Å². The van der Waals surface area contributed by atoms with Gasteiger partial charge in [0.15, 0.2) is 5.65 Å². The summed E-state index contributed by atoms with van der Waals surface area (Å²) >= 11 is 0. The molecule has 0 spiro atoms. The lowest BCUT2D eigenvalue weighted by Crippen LogP contribution is -2.10. The normalized spacial score (nSPS) is 11.4. The van der Waals surface area contributed by atoms with E-state index in [1.807, 2.05) is 30.3 Å². The minimum Gasteiger partial charge on any atom is -0.464 e. The van der Waals surface area contributed by atoms with Gasteiger partial charge in [-0.25, -0.2) is 14.3 Å². The van der Waals surface area contributed by atoms with Crippen LogP contribution >= 0.6 is 0 Å². The number of hydrogen-bond donors (Lipinski definition) is 2. The first kappa shape index (κ1) is 10.9. The molecule has 6 nitrogen and oxygen atoms in total. The maximum absolute atomic E-state index is 11.9. The van der Waals surface area contributed by atoms with Gasteiger partial charge in [-0.3, -0.25) is 0 Å². The molecule has 3 aromatic heterocycles. The molecule has 3 N–H and O–H groups in total. The van der Waals surface area contributed by atoms with E-state index in [1.54, 1.807) is 12.3 Å². The zero-order valence-electron chi connectivity index (χ0n) is 10.3. The Hall–Kier alpha value is -3.02. The van der Waals surface area contributed by atoms with Gasteiger partial charge >= 0.3 is 5.69 Å². The third-order valence-electron chi connectivity index (χ3n) is 3.34. The number of pyridine rings is 1. The molecule has 4 aromatic rings. The molecule has 0 saturated carbocycles. The van der Waals surface area contributed by atoms with Crippen LogP contribution in [-0.2, 0) is 0 Å². The van der Waals surface area contributed by atoms with Crippen LogP contribution in [0.1, 0.15) is 0 Å². The highest BCUT2D eigenvalue weighted by Gasteiger charge is 2.10. The van der Waals surface area contributed by atoms with E-state index < -0.39 is 0 Å². The highest BCUT2D eigenvalue weighted by Crippen LogP contribution is 2.28. The number of fused-ring (bicyclic) bond motifs is 3. The van der Waals surface area contributed by atoms with Crippen LogP contribution in [0.2, 0.25) is 0 Å². The van der Waals surface area contributed by atoms with Gasteiger partial charge < -0.3 is 10.2 Å². The fourth-order valence-corrected chi connectivity index (χ4v) is 2.41. The Labute approximate surface area is 112 Å². The van der Waals surface area contributed by atoms with Crippen LogP contribution in [-0.4, -0.2) is 14.6 Å². The van der Waals surface area contributed by atoms with Gasteiger partial charge in [-0.2, -0.15) is 5.10 Å². The van der Waals surface area contributed by atoms with E-state index in [0.29, 0.717) is 16.9 Å². The van der Waals surface area contributed by atoms with Crippen LogP contribution in [0.15, 0.2) is 51.9 Å². The number of hydrogen-bond acceptors (Lipinski definition) is 4. The van der Waals surface area contributed by atoms with Crippen LogP contribution in [0, 0.1) is 0 Å². The minimum absolute atomic E-state index is 0.290. The number of anilines is 1. The number of benzene rings is 1. The molecule has 0 saturated heterocycles. The number of nitrogens with one attached hydrogen (secondary N) is 1. The van der Waals surface area contributed by atoms with Crippen molar-refractivity contribution in [3.05, 3.63) is 53.1 Å². The molecule has 98 valence electrons. The van der Waals surface area contributed by atoms with Crippen molar-refractivity contribution < 1.29 is 4.42 Å². The standard InChI is InChI=1S/C14H10N4O2/c15-10-7-13-16-17-14(19)18(13)11-6-8(3-4-9(10)11)12-2-1-5-20-12/h1-7H,15H2,(H,17,19). The van der Waals surface area contributed by atoms with Gasteiger partial charge in [0.1, 0.15) is 5.76 Å². The van der Waals surface area contributed by atoms with Gasteiger partial charge in [0.25, 0.3) is 0 Å². The summed E-state index contributed by atoms with van der Waals surface area (Å²) in [6.45, 7) is 0. The van der Waals surface area contributed by atoms with Crippen molar-refractivity contribution in [1.29, 1.82) is 0 Å². The molecular weight excluding hydrogens is 256 g/mol. The van der Waals surface area contributed by atoms with E-state index in [0.717, 1.165) is 16.7 Å². The molecule has 0 bridgehead atoms. The van der Waals surface area contributed by atoms with Crippen molar-refractivity contribution in [2.24, 2.45) is 0 Å². The summed E-state index contributed by atoms with van der Waals surface area (Å²) in [5, 5.41) is 7.17. The zero-order chi connectivity index (χ0) is 13.7. The number of nitrogens with zero attached hydrogens (tertiary/aromatic N) is 2. The SMILES string of the molecule is Nc1cc2n[nH]c(=O)n2c2cc(-c3ccco3)ccc12. The van der Waals surface area contributed by atoms with Gasteiger partial charge in [0, 0.05) is 22.7 Å². The molecule has 0 fully saturated rings. The molecule has 6 heteroatoms. The van der Waals surface area contributed by atoms with E-state index >= 15 is 0 Å². The minimum atomic E-state index is -0.290. The van der Waals surface area contributed by atoms with Gasteiger partial charge in [-0.15, -0.1) is 0 Å². The maximum atomic E-state index is 11.9. The van der Waals surface area contributed by atoms with Gasteiger partial charge in [0.2, 0.25) is 0 Å². The molecule has 0 aliphatic rings. The summed E-state index contributed by atoms with van der Waals surface area (Å²) in [6, 6.07) is 11.0. The first-order valence-electron chi connectivity index (χ1n) is 6.07. The summed E-state index contributed by atoms with van der Waals surface area (Å²) in [5.74, 6) is 0.735. The highest BCUT2D eigenvalue weighted by atomic mass is 16.3. The molecule has 1 aromatic carbocycles. The molecule has 4 rings (SSSR count). The summed E-state index contributed by atoms with van der Waals surface area (Å²) in [4.78, 5) is 11.9. The van der Waals surface area contributed by atoms with E-state index in [2.05, 4.69) is 10.2 Å². The molecule has 0 amide bonds. The Kier molecular flexibility index (Phi) is 2.03. The van der Waals surface area contributed by atoms with Crippen LogP contribution in [0.25, 0.3) is 27.9 Å². The molecule has 0 aliphatic carbocycles. The van der Waals surface area contributed by atoms with Crippen molar-refractivity contribution in [1.82, 2.24) is 14.6 Å². The molecule has 3 heterocycles. The summed E-state index contributed by atoms with van der Waals surface area (Å²) in [6.07, 6.45) is 1.61. The van der Waals surface area contributed by atoms with Gasteiger partial charge in [-0.1, -0.05) is 12.1 Å². The van der Waals surface area contributed by atoms with Crippen LogP contribution in [0.5, 0.6) is 0 Å². The monoisotopic (exact) mass is 266 g/mol. The highest BCUT2D eigenvalue weighted by molar-refractivity contribution is 5.95. The number of furan rings is 1. The van der Waals surface area contributed by atoms with E-state index in [1.165, 1.54) is 4.40 Å². The first-order valence-corrected chi connectivity index (χ1v) is 6.07. The number of H-pyrrole nitrogens is 1. The second kappa shape index (κ2) is 3.74.